The van der Waals surface area contributed by atoms with Crippen molar-refractivity contribution >= 4 is 0 Å². The first-order valence-corrected chi connectivity index (χ1v) is 8.76. The lowest BCUT2D eigenvalue weighted by atomic mass is 9.50. The monoisotopic (exact) mass is 285 g/mol. The van der Waals surface area contributed by atoms with Crippen LogP contribution in [0.25, 0.3) is 0 Å². The van der Waals surface area contributed by atoms with Gasteiger partial charge in [-0.3, -0.25) is 0 Å². The molecule has 2 nitrogen and oxygen atoms in total. The Hall–Kier alpha value is -0.860. The Labute approximate surface area is 128 Å². The zero-order valence-electron chi connectivity index (χ0n) is 13.1. The van der Waals surface area contributed by atoms with Gasteiger partial charge in [0, 0.05) is 24.1 Å². The third kappa shape index (κ3) is 2.24. The van der Waals surface area contributed by atoms with Crippen LogP contribution in [-0.2, 0) is 17.6 Å². The Bertz CT molecular complexity index is 508. The molecule has 0 heterocycles. The molecule has 2 saturated carbocycles. The predicted molar refractivity (Wildman–Crippen MR) is 85.5 cm³/mol. The molecule has 21 heavy (non-hydrogen) atoms. The maximum Gasteiger partial charge on any atom is 0.0661 e. The number of benzene rings is 1. The highest BCUT2D eigenvalue weighted by atomic mass is 16.5. The van der Waals surface area contributed by atoms with E-state index in [4.69, 9.17) is 4.74 Å². The van der Waals surface area contributed by atoms with E-state index in [2.05, 4.69) is 36.5 Å². The molecule has 3 aliphatic carbocycles. The molecule has 0 bridgehead atoms. The lowest BCUT2D eigenvalue weighted by Crippen LogP contribution is -2.68. The SMILES string of the molecule is CCOC1CC(NC2CCc3ccccc3C2)C12CCC2. The van der Waals surface area contributed by atoms with Gasteiger partial charge in [0.05, 0.1) is 6.10 Å². The van der Waals surface area contributed by atoms with Gasteiger partial charge in [-0.15, -0.1) is 0 Å². The lowest BCUT2D eigenvalue weighted by molar-refractivity contribution is -0.174. The van der Waals surface area contributed by atoms with Gasteiger partial charge >= 0.3 is 0 Å². The van der Waals surface area contributed by atoms with Crippen molar-refractivity contribution in [3.05, 3.63) is 35.4 Å². The standard InChI is InChI=1S/C19H27NO/c1-2-21-18-13-17(19(18)10-5-11-19)20-16-9-8-14-6-3-4-7-15(14)12-16/h3-4,6-7,16-18,20H,2,5,8-13H2,1H3. The van der Waals surface area contributed by atoms with Gasteiger partial charge in [0.2, 0.25) is 0 Å². The van der Waals surface area contributed by atoms with Crippen LogP contribution in [0, 0.1) is 5.41 Å². The Morgan fingerprint density at radius 2 is 2.05 bits per heavy atom. The summed E-state index contributed by atoms with van der Waals surface area (Å²) in [6.07, 6.45) is 9.65. The first-order valence-electron chi connectivity index (χ1n) is 8.76. The third-order valence-corrected chi connectivity index (χ3v) is 6.22. The smallest absolute Gasteiger partial charge is 0.0661 e. The van der Waals surface area contributed by atoms with E-state index in [0.717, 1.165) is 6.61 Å². The molecule has 0 aliphatic heterocycles. The minimum absolute atomic E-state index is 0.493. The second-order valence-corrected chi connectivity index (χ2v) is 7.19. The Morgan fingerprint density at radius 3 is 2.76 bits per heavy atom. The number of hydrogen-bond donors (Lipinski definition) is 1. The topological polar surface area (TPSA) is 21.3 Å². The van der Waals surface area contributed by atoms with Crippen LogP contribution < -0.4 is 5.32 Å². The van der Waals surface area contributed by atoms with Crippen molar-refractivity contribution in [3.8, 4) is 0 Å². The molecule has 1 aromatic carbocycles. The molecular formula is C19H27NO. The summed E-state index contributed by atoms with van der Waals surface area (Å²) in [6.45, 7) is 3.00. The van der Waals surface area contributed by atoms with E-state index in [1.54, 1.807) is 11.1 Å². The Balaban J connectivity index is 1.40. The van der Waals surface area contributed by atoms with Crippen molar-refractivity contribution in [2.45, 2.75) is 70.1 Å². The van der Waals surface area contributed by atoms with Crippen molar-refractivity contribution < 1.29 is 4.74 Å². The van der Waals surface area contributed by atoms with Gasteiger partial charge in [-0.25, -0.2) is 0 Å². The van der Waals surface area contributed by atoms with E-state index < -0.39 is 0 Å². The second-order valence-electron chi connectivity index (χ2n) is 7.19. The Kier molecular flexibility index (Phi) is 3.55. The maximum atomic E-state index is 5.97. The van der Waals surface area contributed by atoms with Gasteiger partial charge in [-0.2, -0.15) is 0 Å². The summed E-state index contributed by atoms with van der Waals surface area (Å²) in [5, 5.41) is 4.00. The zero-order chi connectivity index (χ0) is 14.3. The summed E-state index contributed by atoms with van der Waals surface area (Å²) >= 11 is 0. The molecule has 0 radical (unpaired) electrons. The highest BCUT2D eigenvalue weighted by Crippen LogP contribution is 2.57. The average Bonchev–Trinajstić information content (AvgIpc) is 2.44. The average molecular weight is 285 g/mol. The van der Waals surface area contributed by atoms with Gasteiger partial charge in [0.25, 0.3) is 0 Å². The quantitative estimate of drug-likeness (QED) is 0.914. The first-order chi connectivity index (χ1) is 10.3. The van der Waals surface area contributed by atoms with Crippen molar-refractivity contribution in [2.75, 3.05) is 6.61 Å². The van der Waals surface area contributed by atoms with Crippen molar-refractivity contribution in [1.29, 1.82) is 0 Å². The van der Waals surface area contributed by atoms with Gasteiger partial charge in [0.15, 0.2) is 0 Å². The molecule has 3 atom stereocenters. The molecule has 2 heteroatoms. The molecule has 0 saturated heterocycles. The van der Waals surface area contributed by atoms with Gasteiger partial charge in [0.1, 0.15) is 0 Å². The number of ether oxygens (including phenoxy) is 1. The number of fused-ring (bicyclic) bond motifs is 1. The van der Waals surface area contributed by atoms with Crippen LogP contribution in [0.1, 0.15) is 50.2 Å². The normalized spacial score (nSPS) is 33.1. The van der Waals surface area contributed by atoms with Crippen LogP contribution in [-0.4, -0.2) is 24.8 Å². The van der Waals surface area contributed by atoms with Crippen LogP contribution in [0.4, 0.5) is 0 Å². The van der Waals surface area contributed by atoms with E-state index in [-0.39, 0.29) is 0 Å². The fraction of sp³-hybridized carbons (Fsp3) is 0.684. The third-order valence-electron chi connectivity index (χ3n) is 6.22. The predicted octanol–water partition coefficient (Wildman–Crippen LogP) is 3.48. The molecule has 4 rings (SSSR count). The van der Waals surface area contributed by atoms with E-state index >= 15 is 0 Å². The highest BCUT2D eigenvalue weighted by Gasteiger charge is 2.58. The van der Waals surface area contributed by atoms with Crippen molar-refractivity contribution in [3.63, 3.8) is 0 Å². The summed E-state index contributed by atoms with van der Waals surface area (Å²) < 4.78 is 5.97. The molecule has 0 amide bonds. The number of rotatable bonds is 4. The number of nitrogens with one attached hydrogen (secondary N) is 1. The van der Waals surface area contributed by atoms with Crippen LogP contribution >= 0.6 is 0 Å². The van der Waals surface area contributed by atoms with E-state index in [0.29, 0.717) is 23.6 Å². The number of aryl methyl sites for hydroxylation is 1. The van der Waals surface area contributed by atoms with Gasteiger partial charge in [-0.05, 0) is 56.6 Å². The maximum absolute atomic E-state index is 5.97. The lowest BCUT2D eigenvalue weighted by Gasteiger charge is -2.62. The van der Waals surface area contributed by atoms with Crippen LogP contribution in [0.2, 0.25) is 0 Å². The van der Waals surface area contributed by atoms with E-state index in [1.807, 2.05) is 0 Å². The molecule has 1 spiro atoms. The summed E-state index contributed by atoms with van der Waals surface area (Å²) in [5.74, 6) is 0. The molecule has 3 aliphatic rings. The van der Waals surface area contributed by atoms with Crippen LogP contribution in [0.5, 0.6) is 0 Å². The molecule has 3 unspecified atom stereocenters. The van der Waals surface area contributed by atoms with Crippen LogP contribution in [0.3, 0.4) is 0 Å². The second kappa shape index (κ2) is 5.40. The summed E-state index contributed by atoms with van der Waals surface area (Å²) in [7, 11) is 0. The fourth-order valence-corrected chi connectivity index (χ4v) is 4.80. The van der Waals surface area contributed by atoms with Gasteiger partial charge < -0.3 is 10.1 Å². The zero-order valence-corrected chi connectivity index (χ0v) is 13.1. The molecule has 114 valence electrons. The summed E-state index contributed by atoms with van der Waals surface area (Å²) in [5.41, 5.74) is 3.62. The van der Waals surface area contributed by atoms with Gasteiger partial charge in [-0.1, -0.05) is 30.7 Å². The number of hydrogen-bond acceptors (Lipinski definition) is 2. The first kappa shape index (κ1) is 13.8. The Morgan fingerprint density at radius 1 is 1.24 bits per heavy atom. The molecular weight excluding hydrogens is 258 g/mol. The van der Waals surface area contributed by atoms with Crippen molar-refractivity contribution in [1.82, 2.24) is 5.32 Å². The molecule has 1 aromatic rings. The minimum Gasteiger partial charge on any atom is -0.378 e. The minimum atomic E-state index is 0.493. The van der Waals surface area contributed by atoms with Crippen molar-refractivity contribution in [2.24, 2.45) is 5.41 Å². The van der Waals surface area contributed by atoms with Crippen LogP contribution in [0.15, 0.2) is 24.3 Å². The van der Waals surface area contributed by atoms with E-state index in [9.17, 15) is 0 Å². The highest BCUT2D eigenvalue weighted by molar-refractivity contribution is 5.30. The fourth-order valence-electron chi connectivity index (χ4n) is 4.80. The van der Waals surface area contributed by atoms with E-state index in [1.165, 1.54) is 44.9 Å². The molecule has 2 fully saturated rings. The summed E-state index contributed by atoms with van der Waals surface area (Å²) in [6, 6.07) is 10.3. The largest absolute Gasteiger partial charge is 0.378 e. The summed E-state index contributed by atoms with van der Waals surface area (Å²) in [4.78, 5) is 0. The molecule has 1 N–H and O–H groups in total. The molecule has 0 aromatic heterocycles.